The zero-order valence-electron chi connectivity index (χ0n) is 13.4. The zero-order chi connectivity index (χ0) is 17.3. The first-order valence-electron chi connectivity index (χ1n) is 7.89. The van der Waals surface area contributed by atoms with Crippen molar-refractivity contribution in [3.8, 4) is 0 Å². The molecule has 0 spiro atoms. The van der Waals surface area contributed by atoms with Gasteiger partial charge in [0.15, 0.2) is 0 Å². The Morgan fingerprint density at radius 3 is 2.54 bits per heavy atom. The molecule has 1 aromatic rings. The molecule has 1 aliphatic heterocycles. The summed E-state index contributed by atoms with van der Waals surface area (Å²) in [5.74, 6) is -2.06. The fourth-order valence-corrected chi connectivity index (χ4v) is 3.24. The quantitative estimate of drug-likeness (QED) is 0.477. The Morgan fingerprint density at radius 2 is 1.88 bits per heavy atom. The lowest BCUT2D eigenvalue weighted by molar-refractivity contribution is -0.144. The molecule has 1 aliphatic carbocycles. The number of carbonyl (C=O) groups excluding carboxylic acids is 4. The van der Waals surface area contributed by atoms with Crippen LogP contribution in [0.25, 0.3) is 0 Å². The van der Waals surface area contributed by atoms with Crippen molar-refractivity contribution in [3.05, 3.63) is 35.4 Å². The zero-order valence-corrected chi connectivity index (χ0v) is 13.4. The molecule has 24 heavy (non-hydrogen) atoms. The van der Waals surface area contributed by atoms with Gasteiger partial charge in [-0.05, 0) is 30.5 Å². The molecule has 2 fully saturated rings. The van der Waals surface area contributed by atoms with Crippen LogP contribution < -0.4 is 0 Å². The van der Waals surface area contributed by atoms with E-state index in [0.717, 1.165) is 35.5 Å². The van der Waals surface area contributed by atoms with E-state index in [0.29, 0.717) is 11.1 Å². The first-order valence-corrected chi connectivity index (χ1v) is 7.89. The van der Waals surface area contributed by atoms with Crippen LogP contribution in [0.2, 0.25) is 0 Å². The Morgan fingerprint density at radius 1 is 1.17 bits per heavy atom. The second-order valence-electron chi connectivity index (χ2n) is 5.98. The topological polar surface area (TPSA) is 84.0 Å². The van der Waals surface area contributed by atoms with Gasteiger partial charge in [0, 0.05) is 6.04 Å². The number of benzene rings is 1. The predicted molar refractivity (Wildman–Crippen MR) is 82.8 cm³/mol. The lowest BCUT2D eigenvalue weighted by Gasteiger charge is -2.21. The van der Waals surface area contributed by atoms with Crippen LogP contribution in [0.15, 0.2) is 24.3 Å². The van der Waals surface area contributed by atoms with Crippen LogP contribution in [0.5, 0.6) is 0 Å². The van der Waals surface area contributed by atoms with E-state index in [1.54, 1.807) is 24.3 Å². The monoisotopic (exact) mass is 330 g/mol. The Balaban J connectivity index is 1.80. The van der Waals surface area contributed by atoms with E-state index in [1.807, 2.05) is 0 Å². The molecule has 1 aromatic carbocycles. The van der Waals surface area contributed by atoms with Gasteiger partial charge < -0.3 is 4.74 Å². The summed E-state index contributed by atoms with van der Waals surface area (Å²) < 4.78 is 4.66. The molecule has 3 rings (SSSR count). The number of hydrogen-bond donors (Lipinski definition) is 0. The summed E-state index contributed by atoms with van der Waals surface area (Å²) in [5.41, 5.74) is 0.911. The van der Waals surface area contributed by atoms with Crippen LogP contribution in [-0.2, 0) is 20.9 Å². The molecule has 1 saturated carbocycles. The number of carbonyl (C=O) groups is 4. The summed E-state index contributed by atoms with van der Waals surface area (Å²) in [5, 5.41) is 0. The number of esters is 1. The van der Waals surface area contributed by atoms with Crippen LogP contribution in [-0.4, -0.2) is 46.8 Å². The molecule has 0 atom stereocenters. The Labute approximate surface area is 139 Å². The molecule has 1 saturated heterocycles. The Bertz CT molecular complexity index is 709. The van der Waals surface area contributed by atoms with Gasteiger partial charge in [0.2, 0.25) is 0 Å². The highest BCUT2D eigenvalue weighted by Gasteiger charge is 2.47. The largest absolute Gasteiger partial charge is 0.465 e. The molecule has 7 nitrogen and oxygen atoms in total. The van der Waals surface area contributed by atoms with Crippen molar-refractivity contribution in [2.75, 3.05) is 7.11 Å². The fraction of sp³-hybridized carbons (Fsp3) is 0.412. The molecule has 7 heteroatoms. The SMILES string of the molecule is COC(=O)c1cccc(CN2C(=O)C(=O)N(C3CCCC3)C2=O)c1. The van der Waals surface area contributed by atoms with Crippen molar-refractivity contribution in [1.29, 1.82) is 0 Å². The summed E-state index contributed by atoms with van der Waals surface area (Å²) >= 11 is 0. The van der Waals surface area contributed by atoms with Crippen LogP contribution in [0.1, 0.15) is 41.6 Å². The molecule has 0 radical (unpaired) electrons. The van der Waals surface area contributed by atoms with Gasteiger partial charge >= 0.3 is 23.8 Å². The van der Waals surface area contributed by atoms with Crippen LogP contribution >= 0.6 is 0 Å². The number of amides is 4. The molecule has 0 aromatic heterocycles. The summed E-state index contributed by atoms with van der Waals surface area (Å²) in [4.78, 5) is 50.5. The number of rotatable bonds is 4. The van der Waals surface area contributed by atoms with Gasteiger partial charge in [-0.1, -0.05) is 25.0 Å². The van der Waals surface area contributed by atoms with E-state index < -0.39 is 23.8 Å². The summed E-state index contributed by atoms with van der Waals surface area (Å²) in [6.45, 7) is -0.0442. The van der Waals surface area contributed by atoms with Gasteiger partial charge in [0.25, 0.3) is 0 Å². The average Bonchev–Trinajstić information content (AvgIpc) is 3.18. The standard InChI is InChI=1S/C17H18N2O5/c1-24-16(22)12-6-4-5-11(9-12)10-18-14(20)15(21)19(17(18)23)13-7-2-3-8-13/h4-6,9,13H,2-3,7-8,10H2,1H3. The number of ether oxygens (including phenoxy) is 1. The average molecular weight is 330 g/mol. The molecule has 126 valence electrons. The van der Waals surface area contributed by atoms with E-state index in [4.69, 9.17) is 0 Å². The molecule has 2 aliphatic rings. The number of methoxy groups -OCH3 is 1. The molecular weight excluding hydrogens is 312 g/mol. The first kappa shape index (κ1) is 16.2. The second-order valence-corrected chi connectivity index (χ2v) is 5.98. The van der Waals surface area contributed by atoms with Crippen LogP contribution in [0.3, 0.4) is 0 Å². The molecular formula is C17H18N2O5. The maximum Gasteiger partial charge on any atom is 0.337 e. The summed E-state index contributed by atoms with van der Waals surface area (Å²) in [6.07, 6.45) is 3.40. The smallest absolute Gasteiger partial charge is 0.337 e. The van der Waals surface area contributed by atoms with E-state index in [2.05, 4.69) is 4.74 Å². The number of imide groups is 2. The van der Waals surface area contributed by atoms with Crippen molar-refractivity contribution >= 4 is 23.8 Å². The minimum absolute atomic E-state index is 0.0442. The van der Waals surface area contributed by atoms with E-state index in [1.165, 1.54) is 7.11 Å². The lowest BCUT2D eigenvalue weighted by Crippen LogP contribution is -2.39. The van der Waals surface area contributed by atoms with Crippen molar-refractivity contribution in [2.45, 2.75) is 38.3 Å². The van der Waals surface area contributed by atoms with Crippen molar-refractivity contribution in [1.82, 2.24) is 9.80 Å². The van der Waals surface area contributed by atoms with Crippen LogP contribution in [0.4, 0.5) is 4.79 Å². The number of urea groups is 1. The molecule has 0 unspecified atom stereocenters. The predicted octanol–water partition coefficient (Wildman–Crippen LogP) is 1.71. The minimum Gasteiger partial charge on any atom is -0.465 e. The van der Waals surface area contributed by atoms with Crippen molar-refractivity contribution < 1.29 is 23.9 Å². The Hall–Kier alpha value is -2.70. The van der Waals surface area contributed by atoms with Gasteiger partial charge in [-0.3, -0.25) is 19.4 Å². The fourth-order valence-electron chi connectivity index (χ4n) is 3.24. The van der Waals surface area contributed by atoms with Gasteiger partial charge in [-0.2, -0.15) is 0 Å². The van der Waals surface area contributed by atoms with Crippen molar-refractivity contribution in [3.63, 3.8) is 0 Å². The molecule has 0 bridgehead atoms. The number of hydrogen-bond acceptors (Lipinski definition) is 5. The van der Waals surface area contributed by atoms with E-state index in [-0.39, 0.29) is 12.6 Å². The summed E-state index contributed by atoms with van der Waals surface area (Å²) in [7, 11) is 1.28. The maximum atomic E-state index is 12.5. The lowest BCUT2D eigenvalue weighted by atomic mass is 10.1. The van der Waals surface area contributed by atoms with Gasteiger partial charge in [-0.15, -0.1) is 0 Å². The molecule has 4 amide bonds. The third-order valence-corrected chi connectivity index (χ3v) is 4.46. The highest BCUT2D eigenvalue weighted by molar-refractivity contribution is 6.44. The van der Waals surface area contributed by atoms with Gasteiger partial charge in [0.1, 0.15) is 0 Å². The number of nitrogens with zero attached hydrogens (tertiary/aromatic N) is 2. The third-order valence-electron chi connectivity index (χ3n) is 4.46. The highest BCUT2D eigenvalue weighted by Crippen LogP contribution is 2.28. The van der Waals surface area contributed by atoms with E-state index >= 15 is 0 Å². The van der Waals surface area contributed by atoms with Gasteiger partial charge in [0.05, 0.1) is 19.2 Å². The first-order chi connectivity index (χ1) is 11.5. The van der Waals surface area contributed by atoms with E-state index in [9.17, 15) is 19.2 Å². The molecule has 1 heterocycles. The van der Waals surface area contributed by atoms with Gasteiger partial charge in [-0.25, -0.2) is 9.59 Å². The molecule has 0 N–H and O–H groups in total. The van der Waals surface area contributed by atoms with Crippen LogP contribution in [0, 0.1) is 0 Å². The Kier molecular flexibility index (Phi) is 4.33. The van der Waals surface area contributed by atoms with Crippen molar-refractivity contribution in [2.24, 2.45) is 0 Å². The third kappa shape index (κ3) is 2.77. The summed E-state index contributed by atoms with van der Waals surface area (Å²) in [6, 6.07) is 5.72. The minimum atomic E-state index is -0.810. The maximum absolute atomic E-state index is 12.5. The highest BCUT2D eigenvalue weighted by atomic mass is 16.5. The second kappa shape index (κ2) is 6.43. The normalized spacial score (nSPS) is 18.6.